The van der Waals surface area contributed by atoms with Crippen LogP contribution in [-0.4, -0.2) is 35.7 Å². The van der Waals surface area contributed by atoms with Crippen LogP contribution in [0.4, 0.5) is 5.82 Å². The van der Waals surface area contributed by atoms with Gasteiger partial charge in [-0.05, 0) is 74.4 Å². The number of carbonyl (C=O) groups excluding carboxylic acids is 1. The molecule has 0 unspecified atom stereocenters. The van der Waals surface area contributed by atoms with Crippen LogP contribution in [0, 0.1) is 5.92 Å². The van der Waals surface area contributed by atoms with Crippen molar-refractivity contribution in [3.05, 3.63) is 35.4 Å². The molecule has 2 heterocycles. The van der Waals surface area contributed by atoms with Crippen molar-refractivity contribution in [2.24, 2.45) is 5.92 Å². The maximum Gasteiger partial charge on any atom is 0.217 e. The maximum atomic E-state index is 11.5. The van der Waals surface area contributed by atoms with Gasteiger partial charge in [0.2, 0.25) is 5.91 Å². The summed E-state index contributed by atoms with van der Waals surface area (Å²) in [5, 5.41) is 16.9. The third-order valence-electron chi connectivity index (χ3n) is 5.92. The normalized spacial score (nSPS) is 17.0. The fourth-order valence-electron chi connectivity index (χ4n) is 4.03. The number of nitrogens with zero attached hydrogens (tertiary/aromatic N) is 1. The average molecular weight is 411 g/mol. The van der Waals surface area contributed by atoms with Gasteiger partial charge in [-0.15, -0.1) is 0 Å². The second kappa shape index (κ2) is 8.92. The summed E-state index contributed by atoms with van der Waals surface area (Å²) in [7, 11) is 0. The van der Waals surface area contributed by atoms with Crippen LogP contribution in [0.5, 0.6) is 11.5 Å². The van der Waals surface area contributed by atoms with Crippen LogP contribution in [0.25, 0.3) is 11.3 Å². The molecular weight excluding hydrogens is 380 g/mol. The monoisotopic (exact) mass is 410 g/mol. The van der Waals surface area contributed by atoms with E-state index in [0.717, 1.165) is 37.1 Å². The first-order chi connectivity index (χ1) is 14.5. The highest BCUT2D eigenvalue weighted by Gasteiger charge is 2.25. The van der Waals surface area contributed by atoms with E-state index < -0.39 is 0 Å². The molecule has 7 heteroatoms. The van der Waals surface area contributed by atoms with E-state index in [-0.39, 0.29) is 11.7 Å². The highest BCUT2D eigenvalue weighted by atomic mass is 16.5. The first kappa shape index (κ1) is 20.5. The van der Waals surface area contributed by atoms with Crippen LogP contribution in [0.2, 0.25) is 0 Å². The van der Waals surface area contributed by atoms with E-state index in [1.54, 1.807) is 12.1 Å². The number of hydrogen-bond acceptors (Lipinski definition) is 6. The summed E-state index contributed by atoms with van der Waals surface area (Å²) in [6, 6.07) is 7.31. The lowest BCUT2D eigenvalue weighted by Crippen LogP contribution is -2.28. The van der Waals surface area contributed by atoms with Crippen molar-refractivity contribution in [2.45, 2.75) is 45.1 Å². The number of ether oxygens (including phenoxy) is 1. The number of carbonyl (C=O) groups is 1. The van der Waals surface area contributed by atoms with Gasteiger partial charge in [0.1, 0.15) is 17.3 Å². The Morgan fingerprint density at radius 3 is 2.77 bits per heavy atom. The number of amides is 1. The van der Waals surface area contributed by atoms with E-state index in [1.165, 1.54) is 19.8 Å². The van der Waals surface area contributed by atoms with Gasteiger partial charge in [0, 0.05) is 19.0 Å². The Morgan fingerprint density at radius 1 is 1.30 bits per heavy atom. The van der Waals surface area contributed by atoms with Gasteiger partial charge in [-0.1, -0.05) is 6.07 Å². The summed E-state index contributed by atoms with van der Waals surface area (Å²) in [6.07, 6.45) is 4.36. The molecule has 30 heavy (non-hydrogen) atoms. The van der Waals surface area contributed by atoms with Crippen molar-refractivity contribution in [1.82, 2.24) is 15.6 Å². The highest BCUT2D eigenvalue weighted by Crippen LogP contribution is 2.41. The second-order valence-electron chi connectivity index (χ2n) is 8.30. The number of anilines is 1. The Labute approximate surface area is 177 Å². The molecule has 1 aromatic carbocycles. The van der Waals surface area contributed by atoms with Gasteiger partial charge in [-0.25, -0.2) is 4.98 Å². The number of aromatic nitrogens is 1. The average Bonchev–Trinajstić information content (AvgIpc) is 3.56. The van der Waals surface area contributed by atoms with Gasteiger partial charge in [-0.2, -0.15) is 0 Å². The molecule has 160 valence electrons. The molecule has 0 atom stereocenters. The van der Waals surface area contributed by atoms with Gasteiger partial charge in [0.25, 0.3) is 0 Å². The number of phenols is 1. The van der Waals surface area contributed by atoms with E-state index in [1.807, 2.05) is 12.1 Å². The highest BCUT2D eigenvalue weighted by molar-refractivity contribution is 5.76. The third-order valence-corrected chi connectivity index (χ3v) is 5.92. The zero-order valence-corrected chi connectivity index (χ0v) is 17.4. The van der Waals surface area contributed by atoms with E-state index in [9.17, 15) is 9.90 Å². The minimum Gasteiger partial charge on any atom is -0.507 e. The lowest BCUT2D eigenvalue weighted by atomic mass is 9.86. The lowest BCUT2D eigenvalue weighted by Gasteiger charge is -2.26. The van der Waals surface area contributed by atoms with Gasteiger partial charge in [-0.3, -0.25) is 4.79 Å². The standard InChI is InChI=1S/C23H30N4O3/c1-14(28)26-12-18-17(16-7-9-25-10-8-16)11-19(27-23(18)24)22-20(29)3-2-4-21(22)30-13-15-5-6-15/h2-4,11,15-16,25,29H,5-10,12-13H2,1H3,(H2,24,27)(H,26,28). The van der Waals surface area contributed by atoms with Crippen LogP contribution in [-0.2, 0) is 11.3 Å². The van der Waals surface area contributed by atoms with Gasteiger partial charge in [0.05, 0.1) is 17.9 Å². The molecule has 1 amide bonds. The van der Waals surface area contributed by atoms with Crippen molar-refractivity contribution < 1.29 is 14.6 Å². The van der Waals surface area contributed by atoms with Crippen molar-refractivity contribution >= 4 is 11.7 Å². The van der Waals surface area contributed by atoms with Gasteiger partial charge >= 0.3 is 0 Å². The molecule has 1 aliphatic heterocycles. The fourth-order valence-corrected chi connectivity index (χ4v) is 4.03. The summed E-state index contributed by atoms with van der Waals surface area (Å²) in [5.41, 5.74) is 9.51. The van der Waals surface area contributed by atoms with E-state index >= 15 is 0 Å². The first-order valence-electron chi connectivity index (χ1n) is 10.7. The predicted molar refractivity (Wildman–Crippen MR) is 116 cm³/mol. The number of nitrogens with one attached hydrogen (secondary N) is 2. The molecule has 7 nitrogen and oxygen atoms in total. The van der Waals surface area contributed by atoms with E-state index in [0.29, 0.717) is 47.8 Å². The number of hydrogen-bond donors (Lipinski definition) is 4. The Kier molecular flexibility index (Phi) is 6.08. The van der Waals surface area contributed by atoms with Crippen molar-refractivity contribution in [1.29, 1.82) is 0 Å². The summed E-state index contributed by atoms with van der Waals surface area (Å²) in [6.45, 7) is 4.36. The zero-order chi connectivity index (χ0) is 21.1. The van der Waals surface area contributed by atoms with Crippen molar-refractivity contribution in [3.8, 4) is 22.8 Å². The molecule has 1 saturated heterocycles. The molecular formula is C23H30N4O3. The number of rotatable bonds is 7. The molecule has 4 rings (SSSR count). The molecule has 2 fully saturated rings. The second-order valence-corrected chi connectivity index (χ2v) is 8.30. The molecule has 5 N–H and O–H groups in total. The number of nitrogen functional groups attached to an aromatic ring is 1. The Balaban J connectivity index is 1.75. The fraction of sp³-hybridized carbons (Fsp3) is 0.478. The zero-order valence-electron chi connectivity index (χ0n) is 17.4. The molecule has 1 aliphatic carbocycles. The molecule has 0 bridgehead atoms. The van der Waals surface area contributed by atoms with Crippen LogP contribution in [0.1, 0.15) is 49.7 Å². The summed E-state index contributed by atoms with van der Waals surface area (Å²) in [4.78, 5) is 16.1. The van der Waals surface area contributed by atoms with E-state index in [2.05, 4.69) is 15.6 Å². The molecule has 0 radical (unpaired) electrons. The Morgan fingerprint density at radius 2 is 2.07 bits per heavy atom. The van der Waals surface area contributed by atoms with Gasteiger partial charge < -0.3 is 26.2 Å². The minimum absolute atomic E-state index is 0.105. The number of piperidine rings is 1. The van der Waals surface area contributed by atoms with E-state index in [4.69, 9.17) is 10.5 Å². The summed E-state index contributed by atoms with van der Waals surface area (Å²) in [5.74, 6) is 1.95. The van der Waals surface area contributed by atoms with Crippen LogP contribution in [0.15, 0.2) is 24.3 Å². The lowest BCUT2D eigenvalue weighted by molar-refractivity contribution is -0.119. The Hall–Kier alpha value is -2.80. The number of pyridine rings is 1. The van der Waals surface area contributed by atoms with Gasteiger partial charge in [0.15, 0.2) is 0 Å². The number of aromatic hydroxyl groups is 1. The molecule has 0 spiro atoms. The SMILES string of the molecule is CC(=O)NCc1c(C2CCNCC2)cc(-c2c(O)cccc2OCC2CC2)nc1N. The maximum absolute atomic E-state index is 11.5. The summed E-state index contributed by atoms with van der Waals surface area (Å²) >= 11 is 0. The molecule has 1 saturated carbocycles. The van der Waals surface area contributed by atoms with Crippen molar-refractivity contribution in [3.63, 3.8) is 0 Å². The molecule has 2 aromatic rings. The number of phenolic OH excluding ortho intramolecular Hbond substituents is 1. The number of benzene rings is 1. The molecule has 2 aliphatic rings. The van der Waals surface area contributed by atoms with Crippen LogP contribution < -0.4 is 21.1 Å². The Bertz CT molecular complexity index is 921. The smallest absolute Gasteiger partial charge is 0.217 e. The third kappa shape index (κ3) is 4.67. The first-order valence-corrected chi connectivity index (χ1v) is 10.7. The predicted octanol–water partition coefficient (Wildman–Crippen LogP) is 2.93. The topological polar surface area (TPSA) is 110 Å². The van der Waals surface area contributed by atoms with Crippen LogP contribution >= 0.6 is 0 Å². The minimum atomic E-state index is -0.105. The number of nitrogens with two attached hydrogens (primary N) is 1. The van der Waals surface area contributed by atoms with Crippen LogP contribution in [0.3, 0.4) is 0 Å². The largest absolute Gasteiger partial charge is 0.507 e. The summed E-state index contributed by atoms with van der Waals surface area (Å²) < 4.78 is 6.02. The quantitative estimate of drug-likeness (QED) is 0.559. The van der Waals surface area contributed by atoms with Crippen molar-refractivity contribution in [2.75, 3.05) is 25.4 Å². The molecule has 1 aromatic heterocycles.